The molecule has 0 spiro atoms. The fourth-order valence-electron chi connectivity index (χ4n) is 2.20. The van der Waals surface area contributed by atoms with Crippen LogP contribution < -0.4 is 70.1 Å². The third kappa shape index (κ3) is 20.9. The van der Waals surface area contributed by atoms with Gasteiger partial charge in [-0.2, -0.15) is 0 Å². The fraction of sp³-hybridized carbons (Fsp3) is 0.318. The van der Waals surface area contributed by atoms with Crippen molar-refractivity contribution >= 4 is 58.0 Å². The number of hydrogen-bond donors (Lipinski definition) is 1. The van der Waals surface area contributed by atoms with Crippen molar-refractivity contribution in [3.63, 3.8) is 0 Å². The summed E-state index contributed by atoms with van der Waals surface area (Å²) in [5.74, 6) is 0.0917. The maximum atomic E-state index is 11.2. The topological polar surface area (TPSA) is 110 Å². The molecule has 0 bridgehead atoms. The Morgan fingerprint density at radius 1 is 0.939 bits per heavy atom. The number of ketones is 1. The standard InChI is InChI=1S/C11H13ClO.C8H11N.C2H2Cl2O.CH2O3.2Na.H/c1-8-4-3-5-9(2)11(8)6-10(13)7-12;1-6-4-3-5-7(2)8(6)9;3-1-2(4)5;2-1-4-3;;;/h3-5H,6-7H2,1-2H3;3-5H,9H2,1-2H3;1H2;1,3H;;;/q;;;;2*+1;-1/p-1. The summed E-state index contributed by atoms with van der Waals surface area (Å²) in [6.45, 7) is 7.89. The van der Waals surface area contributed by atoms with Crippen LogP contribution in [0.4, 0.5) is 5.69 Å². The minimum Gasteiger partial charge on any atom is -1.00 e. The molecule has 0 radical (unpaired) electrons. The fourth-order valence-corrected chi connectivity index (χ4v) is 2.29. The van der Waals surface area contributed by atoms with Crippen molar-refractivity contribution in [2.75, 3.05) is 17.5 Å². The SMILES string of the molecule is Cc1cccc(C)c1CC(=O)CCl.Cc1cccc(C)c1N.O=C(Cl)CCl.O=CO[O-].[H-].[Na+].[Na+]. The van der Waals surface area contributed by atoms with E-state index in [2.05, 4.69) is 4.89 Å². The predicted molar refractivity (Wildman–Crippen MR) is 126 cm³/mol. The van der Waals surface area contributed by atoms with Crippen LogP contribution in [-0.2, 0) is 25.7 Å². The predicted octanol–water partition coefficient (Wildman–Crippen LogP) is -1.91. The van der Waals surface area contributed by atoms with Gasteiger partial charge in [-0.25, -0.2) is 0 Å². The van der Waals surface area contributed by atoms with Crippen LogP contribution in [0.5, 0.6) is 0 Å². The van der Waals surface area contributed by atoms with Crippen molar-refractivity contribution < 1.29 is 85.1 Å². The molecule has 0 atom stereocenters. The van der Waals surface area contributed by atoms with Crippen molar-refractivity contribution in [3.05, 3.63) is 64.2 Å². The van der Waals surface area contributed by atoms with Crippen LogP contribution in [0.1, 0.15) is 29.2 Å². The van der Waals surface area contributed by atoms with Gasteiger partial charge >= 0.3 is 59.1 Å². The van der Waals surface area contributed by atoms with Gasteiger partial charge in [-0.3, -0.25) is 14.4 Å². The Kier molecular flexibility index (Phi) is 30.3. The molecule has 0 aliphatic carbocycles. The molecule has 0 aromatic heterocycles. The summed E-state index contributed by atoms with van der Waals surface area (Å²) in [7, 11) is 0. The van der Waals surface area contributed by atoms with Crippen LogP contribution in [0.3, 0.4) is 0 Å². The number of nitrogens with two attached hydrogens (primary N) is 1. The Hall–Kier alpha value is -0.120. The normalized spacial score (nSPS) is 8.36. The number of hydrogen-bond acceptors (Lipinski definition) is 6. The number of para-hydroxylation sites is 1. The van der Waals surface area contributed by atoms with Gasteiger partial charge in [0.25, 0.3) is 6.47 Å². The summed E-state index contributed by atoms with van der Waals surface area (Å²) < 4.78 is 0. The van der Waals surface area contributed by atoms with Crippen molar-refractivity contribution in [1.82, 2.24) is 0 Å². The number of carbonyl (C=O) groups excluding carboxylic acids is 3. The number of nitrogen functional groups attached to an aromatic ring is 1. The number of Topliss-reactive ketones (excluding diaryl/α,β-unsaturated/α-hetero) is 1. The second kappa shape index (κ2) is 25.0. The zero-order valence-corrected chi connectivity index (χ0v) is 26.2. The number of halogens is 3. The number of carbonyl (C=O) groups is 3. The summed E-state index contributed by atoms with van der Waals surface area (Å²) in [5.41, 5.74) is 12.4. The second-order valence-electron chi connectivity index (χ2n) is 6.21. The number of anilines is 1. The molecule has 0 unspecified atom stereocenters. The molecule has 0 saturated heterocycles. The number of aryl methyl sites for hydroxylation is 4. The maximum absolute atomic E-state index is 11.2. The zero-order chi connectivity index (χ0) is 24.4. The second-order valence-corrected chi connectivity index (χ2v) is 7.16. The van der Waals surface area contributed by atoms with Crippen molar-refractivity contribution in [2.45, 2.75) is 34.1 Å². The Labute approximate surface area is 256 Å². The molecule has 2 rings (SSSR count). The summed E-state index contributed by atoms with van der Waals surface area (Å²) in [4.78, 5) is 31.8. The van der Waals surface area contributed by atoms with Crippen LogP contribution in [0.25, 0.3) is 0 Å². The van der Waals surface area contributed by atoms with E-state index in [1.165, 1.54) is 11.1 Å². The Morgan fingerprint density at radius 3 is 1.52 bits per heavy atom. The van der Waals surface area contributed by atoms with E-state index in [9.17, 15) is 9.59 Å². The smallest absolute Gasteiger partial charge is 1.00 e. The van der Waals surface area contributed by atoms with E-state index in [4.69, 9.17) is 50.6 Å². The van der Waals surface area contributed by atoms with Crippen LogP contribution >= 0.6 is 34.8 Å². The van der Waals surface area contributed by atoms with E-state index in [-0.39, 0.29) is 84.6 Å². The van der Waals surface area contributed by atoms with Crippen LogP contribution in [0, 0.1) is 27.7 Å². The first-order valence-electron chi connectivity index (χ1n) is 8.96. The molecule has 6 nitrogen and oxygen atoms in total. The van der Waals surface area contributed by atoms with E-state index in [1.807, 2.05) is 64.1 Å². The van der Waals surface area contributed by atoms with Gasteiger partial charge in [-0.15, -0.1) is 23.2 Å². The van der Waals surface area contributed by atoms with E-state index in [0.29, 0.717) is 6.42 Å². The quantitative estimate of drug-likeness (QED) is 0.0905. The zero-order valence-electron chi connectivity index (χ0n) is 20.9. The number of rotatable bonds is 5. The molecule has 0 fully saturated rings. The largest absolute Gasteiger partial charge is 1.00 e. The molecule has 0 heterocycles. The summed E-state index contributed by atoms with van der Waals surface area (Å²) in [5, 5.41) is 7.92. The van der Waals surface area contributed by atoms with E-state index in [0.717, 1.165) is 22.4 Å². The van der Waals surface area contributed by atoms with Gasteiger partial charge in [0.05, 0.1) is 11.8 Å². The van der Waals surface area contributed by atoms with Crippen molar-refractivity contribution in [2.24, 2.45) is 0 Å². The first-order chi connectivity index (χ1) is 14.5. The van der Waals surface area contributed by atoms with Gasteiger partial charge in [-0.05, 0) is 67.1 Å². The van der Waals surface area contributed by atoms with Gasteiger partial charge in [0.1, 0.15) is 0 Å². The third-order valence-electron chi connectivity index (χ3n) is 3.85. The average Bonchev–Trinajstić information content (AvgIpc) is 2.75. The molecular weight excluding hydrogens is 511 g/mol. The van der Waals surface area contributed by atoms with Crippen LogP contribution in [0.15, 0.2) is 36.4 Å². The van der Waals surface area contributed by atoms with Crippen molar-refractivity contribution in [3.8, 4) is 0 Å². The monoisotopic (exact) mass is 537 g/mol. The molecule has 0 saturated carbocycles. The summed E-state index contributed by atoms with van der Waals surface area (Å²) in [6.07, 6.45) is 0.460. The minimum atomic E-state index is -0.508. The minimum absolute atomic E-state index is 0. The van der Waals surface area contributed by atoms with E-state index < -0.39 is 5.24 Å². The molecule has 11 heteroatoms. The van der Waals surface area contributed by atoms with Gasteiger partial charge in [0.2, 0.25) is 5.24 Å². The Balaban J connectivity index is -0.000000118. The molecule has 174 valence electrons. The van der Waals surface area contributed by atoms with Crippen molar-refractivity contribution in [1.29, 1.82) is 0 Å². The van der Waals surface area contributed by atoms with Gasteiger partial charge in [-0.1, -0.05) is 36.4 Å². The molecule has 2 N–H and O–H groups in total. The first kappa shape index (κ1) is 40.1. The first-order valence-corrected chi connectivity index (χ1v) is 10.4. The van der Waals surface area contributed by atoms with Gasteiger partial charge in [0.15, 0.2) is 5.78 Å². The van der Waals surface area contributed by atoms with Gasteiger partial charge < -0.3 is 17.3 Å². The molecule has 2 aromatic rings. The summed E-state index contributed by atoms with van der Waals surface area (Å²) >= 11 is 15.0. The molecular formula is C22H28Cl3NNa2O5. The third-order valence-corrected chi connectivity index (χ3v) is 4.67. The molecule has 33 heavy (non-hydrogen) atoms. The van der Waals surface area contributed by atoms with Crippen LogP contribution in [0.2, 0.25) is 0 Å². The summed E-state index contributed by atoms with van der Waals surface area (Å²) in [6, 6.07) is 12.1. The Morgan fingerprint density at radius 2 is 1.27 bits per heavy atom. The average molecular weight is 539 g/mol. The van der Waals surface area contributed by atoms with E-state index >= 15 is 0 Å². The van der Waals surface area contributed by atoms with E-state index in [1.54, 1.807) is 0 Å². The number of alkyl halides is 2. The molecule has 0 amide bonds. The molecule has 0 aliphatic rings. The number of benzene rings is 2. The molecule has 2 aromatic carbocycles. The maximum Gasteiger partial charge on any atom is 1.00 e. The Bertz CT molecular complexity index is 806. The molecule has 0 aliphatic heterocycles. The van der Waals surface area contributed by atoms with Crippen LogP contribution in [-0.4, -0.2) is 29.3 Å². The van der Waals surface area contributed by atoms with Gasteiger partial charge in [0, 0.05) is 12.1 Å².